The second-order valence-electron chi connectivity index (χ2n) is 8.54. The van der Waals surface area contributed by atoms with E-state index in [1.165, 1.54) is 12.0 Å². The van der Waals surface area contributed by atoms with E-state index in [9.17, 15) is 14.4 Å². The van der Waals surface area contributed by atoms with Crippen LogP contribution in [-0.2, 0) is 45.1 Å². The van der Waals surface area contributed by atoms with Crippen LogP contribution in [0.15, 0.2) is 83.3 Å². The topological polar surface area (TPSA) is 84.9 Å². The molecule has 186 valence electrons. The van der Waals surface area contributed by atoms with E-state index in [1.807, 2.05) is 78.9 Å². The molecule has 3 aromatic carbocycles. The number of hydrogen-bond donors (Lipinski definition) is 1. The average Bonchev–Trinajstić information content (AvgIpc) is 2.91. The predicted molar refractivity (Wildman–Crippen MR) is 138 cm³/mol. The zero-order valence-electron chi connectivity index (χ0n) is 19.9. The third-order valence-corrected chi connectivity index (χ3v) is 6.95. The van der Waals surface area contributed by atoms with Gasteiger partial charge in [-0.15, -0.1) is 0 Å². The molecule has 8 heteroatoms. The zero-order valence-corrected chi connectivity index (χ0v) is 21.4. The first kappa shape index (κ1) is 25.4. The maximum Gasteiger partial charge on any atom is 0.411 e. The first-order valence-corrected chi connectivity index (χ1v) is 12.4. The molecule has 0 radical (unpaired) electrons. The summed E-state index contributed by atoms with van der Waals surface area (Å²) < 4.78 is 11.3. The fourth-order valence-electron chi connectivity index (χ4n) is 4.24. The molecular weight excluding hydrogens is 524 g/mol. The standard InChI is InChI=1S/C28H27BrN2O5/c1-35-27(33)24(15-21-12-7-8-14-23(21)29)30-26(32)25-16-20-11-5-6-13-22(20)17-31(25)28(34)36-18-19-9-3-2-4-10-19/h2-14,24-25H,15-18H2,1H3,(H,30,32)/t24-,25-/m0/s1. The molecule has 4 rings (SSSR count). The maximum absolute atomic E-state index is 13.5. The Labute approximate surface area is 218 Å². The number of nitrogens with zero attached hydrogens (tertiary/aromatic N) is 1. The monoisotopic (exact) mass is 550 g/mol. The van der Waals surface area contributed by atoms with E-state index in [0.29, 0.717) is 6.42 Å². The molecule has 0 fully saturated rings. The SMILES string of the molecule is COC(=O)[C@H](Cc1ccccc1Br)NC(=O)[C@@H]1Cc2ccccc2CN1C(=O)OCc1ccccc1. The van der Waals surface area contributed by atoms with Crippen molar-refractivity contribution < 1.29 is 23.9 Å². The molecule has 1 aliphatic heterocycles. The van der Waals surface area contributed by atoms with E-state index in [1.54, 1.807) is 0 Å². The van der Waals surface area contributed by atoms with Crippen LogP contribution in [0.2, 0.25) is 0 Å². The quantitative estimate of drug-likeness (QED) is 0.440. The summed E-state index contributed by atoms with van der Waals surface area (Å²) in [6.07, 6.45) is -0.0404. The highest BCUT2D eigenvalue weighted by atomic mass is 79.9. The summed E-state index contributed by atoms with van der Waals surface area (Å²) in [5, 5.41) is 2.82. The number of fused-ring (bicyclic) bond motifs is 1. The van der Waals surface area contributed by atoms with E-state index in [-0.39, 0.29) is 19.6 Å². The highest BCUT2D eigenvalue weighted by Crippen LogP contribution is 2.25. The third-order valence-electron chi connectivity index (χ3n) is 6.17. The van der Waals surface area contributed by atoms with Crippen molar-refractivity contribution in [1.82, 2.24) is 10.2 Å². The van der Waals surface area contributed by atoms with Gasteiger partial charge in [0.25, 0.3) is 0 Å². The molecule has 2 atom stereocenters. The summed E-state index contributed by atoms with van der Waals surface area (Å²) in [5.74, 6) is -1.00. The average molecular weight is 551 g/mol. The molecule has 3 aromatic rings. The Morgan fingerprint density at radius 1 is 0.972 bits per heavy atom. The number of carbonyl (C=O) groups is 3. The number of rotatable bonds is 7. The first-order chi connectivity index (χ1) is 17.5. The number of methoxy groups -OCH3 is 1. The van der Waals surface area contributed by atoms with Gasteiger partial charge in [-0.05, 0) is 28.3 Å². The minimum Gasteiger partial charge on any atom is -0.467 e. The van der Waals surface area contributed by atoms with Gasteiger partial charge in [-0.1, -0.05) is 88.7 Å². The molecule has 7 nitrogen and oxygen atoms in total. The van der Waals surface area contributed by atoms with Crippen LogP contribution in [0.3, 0.4) is 0 Å². The zero-order chi connectivity index (χ0) is 25.5. The molecular formula is C28H27BrN2O5. The van der Waals surface area contributed by atoms with Gasteiger partial charge in [0.2, 0.25) is 5.91 Å². The normalized spacial score (nSPS) is 15.4. The van der Waals surface area contributed by atoms with Gasteiger partial charge in [-0.25, -0.2) is 9.59 Å². The lowest BCUT2D eigenvalue weighted by molar-refractivity contribution is -0.145. The molecule has 1 aliphatic rings. The van der Waals surface area contributed by atoms with Crippen LogP contribution in [0.25, 0.3) is 0 Å². The highest BCUT2D eigenvalue weighted by molar-refractivity contribution is 9.10. The van der Waals surface area contributed by atoms with Gasteiger partial charge in [-0.3, -0.25) is 9.69 Å². The number of carbonyl (C=O) groups excluding carboxylic acids is 3. The van der Waals surface area contributed by atoms with Crippen LogP contribution in [-0.4, -0.2) is 42.1 Å². The second kappa shape index (κ2) is 11.9. The van der Waals surface area contributed by atoms with E-state index in [2.05, 4.69) is 21.2 Å². The third kappa shape index (κ3) is 6.12. The first-order valence-electron chi connectivity index (χ1n) is 11.6. The Kier molecular flexibility index (Phi) is 8.38. The summed E-state index contributed by atoms with van der Waals surface area (Å²) in [6, 6.07) is 22.8. The number of benzene rings is 3. The lowest BCUT2D eigenvalue weighted by atomic mass is 9.93. The van der Waals surface area contributed by atoms with Crippen LogP contribution < -0.4 is 5.32 Å². The number of ether oxygens (including phenoxy) is 2. The van der Waals surface area contributed by atoms with Gasteiger partial charge in [0.15, 0.2) is 0 Å². The van der Waals surface area contributed by atoms with Crippen molar-refractivity contribution in [3.8, 4) is 0 Å². The van der Waals surface area contributed by atoms with Crippen molar-refractivity contribution in [3.63, 3.8) is 0 Å². The molecule has 0 saturated heterocycles. The minimum atomic E-state index is -0.916. The highest BCUT2D eigenvalue weighted by Gasteiger charge is 2.37. The van der Waals surface area contributed by atoms with Crippen molar-refractivity contribution in [2.45, 2.75) is 38.1 Å². The van der Waals surface area contributed by atoms with Gasteiger partial charge in [0, 0.05) is 17.3 Å². The summed E-state index contributed by atoms with van der Waals surface area (Å²) in [6.45, 7) is 0.327. The second-order valence-corrected chi connectivity index (χ2v) is 9.39. The predicted octanol–water partition coefficient (Wildman–Crippen LogP) is 4.41. The van der Waals surface area contributed by atoms with E-state index >= 15 is 0 Å². The minimum absolute atomic E-state index is 0.0962. The van der Waals surface area contributed by atoms with Gasteiger partial charge >= 0.3 is 12.1 Å². The van der Waals surface area contributed by atoms with Crippen LogP contribution in [0.5, 0.6) is 0 Å². The fourth-order valence-corrected chi connectivity index (χ4v) is 4.69. The van der Waals surface area contributed by atoms with Crippen molar-refractivity contribution >= 4 is 33.9 Å². The fraction of sp³-hybridized carbons (Fsp3) is 0.250. The molecule has 36 heavy (non-hydrogen) atoms. The van der Waals surface area contributed by atoms with Gasteiger partial charge in [0.1, 0.15) is 18.7 Å². The smallest absolute Gasteiger partial charge is 0.411 e. The van der Waals surface area contributed by atoms with Gasteiger partial charge in [-0.2, -0.15) is 0 Å². The van der Waals surface area contributed by atoms with Crippen molar-refractivity contribution in [3.05, 3.63) is 106 Å². The van der Waals surface area contributed by atoms with Crippen LogP contribution in [0.4, 0.5) is 4.79 Å². The Morgan fingerprint density at radius 2 is 1.64 bits per heavy atom. The number of nitrogens with one attached hydrogen (secondary N) is 1. The Morgan fingerprint density at radius 3 is 2.36 bits per heavy atom. The molecule has 0 aromatic heterocycles. The summed E-state index contributed by atoms with van der Waals surface area (Å²) >= 11 is 3.49. The lowest BCUT2D eigenvalue weighted by Gasteiger charge is -2.35. The molecule has 0 bridgehead atoms. The number of hydrogen-bond acceptors (Lipinski definition) is 5. The summed E-state index contributed by atoms with van der Waals surface area (Å²) in [7, 11) is 1.28. The molecule has 0 aliphatic carbocycles. The van der Waals surface area contributed by atoms with E-state index in [0.717, 1.165) is 26.7 Å². The molecule has 0 unspecified atom stereocenters. The summed E-state index contributed by atoms with van der Waals surface area (Å²) in [4.78, 5) is 40.6. The van der Waals surface area contributed by atoms with Crippen LogP contribution in [0, 0.1) is 0 Å². The number of halogens is 1. The Bertz CT molecular complexity index is 1230. The molecule has 0 saturated carbocycles. The van der Waals surface area contributed by atoms with E-state index < -0.39 is 30.1 Å². The molecule has 1 heterocycles. The molecule has 2 amide bonds. The molecule has 1 N–H and O–H groups in total. The number of amides is 2. The van der Waals surface area contributed by atoms with Crippen LogP contribution in [0.1, 0.15) is 22.3 Å². The van der Waals surface area contributed by atoms with Crippen LogP contribution >= 0.6 is 15.9 Å². The van der Waals surface area contributed by atoms with Gasteiger partial charge < -0.3 is 14.8 Å². The van der Waals surface area contributed by atoms with Crippen molar-refractivity contribution in [2.75, 3.05) is 7.11 Å². The van der Waals surface area contributed by atoms with Crippen molar-refractivity contribution in [2.24, 2.45) is 0 Å². The molecule has 0 spiro atoms. The lowest BCUT2D eigenvalue weighted by Crippen LogP contribution is -2.56. The Balaban J connectivity index is 1.54. The van der Waals surface area contributed by atoms with E-state index in [4.69, 9.17) is 9.47 Å². The maximum atomic E-state index is 13.5. The van der Waals surface area contributed by atoms with Gasteiger partial charge in [0.05, 0.1) is 13.7 Å². The largest absolute Gasteiger partial charge is 0.467 e. The number of esters is 1. The van der Waals surface area contributed by atoms with Crippen molar-refractivity contribution in [1.29, 1.82) is 0 Å². The summed E-state index contributed by atoms with van der Waals surface area (Å²) in [5.41, 5.74) is 3.63. The Hall–Kier alpha value is -3.65.